The molecule has 29 heavy (non-hydrogen) atoms. The van der Waals surface area contributed by atoms with E-state index in [2.05, 4.69) is 97.0 Å². The number of hydrogen-bond donors (Lipinski definition) is 0. The molecule has 0 saturated carbocycles. The Balaban J connectivity index is 1.90. The van der Waals surface area contributed by atoms with Gasteiger partial charge >= 0.3 is 0 Å². The predicted octanol–water partition coefficient (Wildman–Crippen LogP) is 7.49. The van der Waals surface area contributed by atoms with Gasteiger partial charge in [0.15, 0.2) is 0 Å². The number of aryl methyl sites for hydroxylation is 1. The van der Waals surface area contributed by atoms with E-state index in [1.54, 1.807) is 0 Å². The van der Waals surface area contributed by atoms with E-state index in [9.17, 15) is 0 Å². The first-order chi connectivity index (χ1) is 13.6. The number of aromatic nitrogens is 1. The minimum Gasteiger partial charge on any atom is -0.256 e. The van der Waals surface area contributed by atoms with E-state index in [0.29, 0.717) is 5.92 Å². The van der Waals surface area contributed by atoms with Crippen LogP contribution in [-0.4, -0.2) is 4.98 Å². The molecular weight excluding hydrogens is 350 g/mol. The molecule has 0 radical (unpaired) electrons. The lowest BCUT2D eigenvalue weighted by Gasteiger charge is -2.48. The van der Waals surface area contributed by atoms with E-state index in [1.807, 2.05) is 6.20 Å². The third-order valence-electron chi connectivity index (χ3n) is 7.16. The van der Waals surface area contributed by atoms with Crippen LogP contribution in [-0.2, 0) is 17.3 Å². The van der Waals surface area contributed by atoms with Gasteiger partial charge in [-0.3, -0.25) is 4.98 Å². The third-order valence-corrected chi connectivity index (χ3v) is 7.16. The number of hydrogen-bond acceptors (Lipinski definition) is 1. The molecule has 0 aliphatic heterocycles. The van der Waals surface area contributed by atoms with Crippen molar-refractivity contribution in [2.45, 2.75) is 65.7 Å². The van der Waals surface area contributed by atoms with Crippen molar-refractivity contribution in [1.29, 1.82) is 0 Å². The third kappa shape index (κ3) is 3.21. The fourth-order valence-corrected chi connectivity index (χ4v) is 4.79. The summed E-state index contributed by atoms with van der Waals surface area (Å²) in [6, 6.07) is 18.3. The maximum atomic E-state index is 4.70. The summed E-state index contributed by atoms with van der Waals surface area (Å²) < 4.78 is 0. The smallest absolute Gasteiger partial charge is 0.0704 e. The molecule has 1 aromatic heterocycles. The summed E-state index contributed by atoms with van der Waals surface area (Å²) in [7, 11) is 0. The second-order valence-electron chi connectivity index (χ2n) is 10.2. The lowest BCUT2D eigenvalue weighted by atomic mass is 9.55. The van der Waals surface area contributed by atoms with Crippen molar-refractivity contribution in [2.24, 2.45) is 5.92 Å². The van der Waals surface area contributed by atoms with Gasteiger partial charge in [0.25, 0.3) is 0 Å². The zero-order chi connectivity index (χ0) is 21.0. The normalized spacial score (nSPS) is 16.4. The molecular formula is C28H33N. The van der Waals surface area contributed by atoms with Crippen molar-refractivity contribution >= 4 is 0 Å². The van der Waals surface area contributed by atoms with Crippen LogP contribution in [0.1, 0.15) is 63.8 Å². The van der Waals surface area contributed by atoms with E-state index in [4.69, 9.17) is 4.98 Å². The quantitative estimate of drug-likeness (QED) is 0.456. The van der Waals surface area contributed by atoms with Crippen LogP contribution in [0.15, 0.2) is 54.7 Å². The van der Waals surface area contributed by atoms with Gasteiger partial charge in [-0.2, -0.15) is 0 Å². The number of fused-ring (bicyclic) bond motifs is 3. The molecule has 1 heterocycles. The summed E-state index contributed by atoms with van der Waals surface area (Å²) in [5.41, 5.74) is 10.7. The van der Waals surface area contributed by atoms with Gasteiger partial charge < -0.3 is 0 Å². The summed E-state index contributed by atoms with van der Waals surface area (Å²) >= 11 is 0. The highest BCUT2D eigenvalue weighted by Gasteiger charge is 2.45. The first-order valence-corrected chi connectivity index (χ1v) is 10.8. The number of rotatable bonds is 3. The maximum absolute atomic E-state index is 4.70. The Kier molecular flexibility index (Phi) is 4.69. The van der Waals surface area contributed by atoms with Gasteiger partial charge in [0.2, 0.25) is 0 Å². The second kappa shape index (κ2) is 6.83. The number of benzene rings is 2. The molecule has 0 bridgehead atoms. The molecule has 0 fully saturated rings. The Bertz CT molecular complexity index is 1070. The van der Waals surface area contributed by atoms with Crippen LogP contribution in [0, 0.1) is 12.8 Å². The SMILES string of the molecule is Cc1ccc2c(c1)C(C)(C)C(C)(C)c1ccc(-c3cc(CC(C)C)ccn3)cc1-2. The highest BCUT2D eigenvalue weighted by Crippen LogP contribution is 2.54. The molecule has 4 rings (SSSR count). The molecule has 0 amide bonds. The summed E-state index contributed by atoms with van der Waals surface area (Å²) in [6.45, 7) is 16.3. The highest BCUT2D eigenvalue weighted by molar-refractivity contribution is 5.81. The Morgan fingerprint density at radius 1 is 0.793 bits per heavy atom. The van der Waals surface area contributed by atoms with Gasteiger partial charge in [-0.1, -0.05) is 77.4 Å². The summed E-state index contributed by atoms with van der Waals surface area (Å²) in [5, 5.41) is 0. The van der Waals surface area contributed by atoms with Crippen LogP contribution >= 0.6 is 0 Å². The van der Waals surface area contributed by atoms with Crippen molar-refractivity contribution < 1.29 is 0 Å². The standard InChI is InChI=1S/C28H33N/c1-18(2)14-20-12-13-29-26(16-20)21-9-11-24-23(17-21)22-10-8-19(3)15-25(22)28(6,7)27(24,4)5/h8-13,15-18H,14H2,1-7H3. The first-order valence-electron chi connectivity index (χ1n) is 10.8. The molecule has 0 saturated heterocycles. The van der Waals surface area contributed by atoms with E-state index < -0.39 is 0 Å². The van der Waals surface area contributed by atoms with E-state index in [1.165, 1.54) is 38.9 Å². The fourth-order valence-electron chi connectivity index (χ4n) is 4.79. The van der Waals surface area contributed by atoms with Crippen LogP contribution in [0.25, 0.3) is 22.4 Å². The average molecular weight is 384 g/mol. The summed E-state index contributed by atoms with van der Waals surface area (Å²) in [6.07, 6.45) is 3.04. The Hall–Kier alpha value is -2.41. The minimum absolute atomic E-state index is 0.0502. The van der Waals surface area contributed by atoms with Gasteiger partial charge in [-0.15, -0.1) is 0 Å². The molecule has 0 spiro atoms. The fraction of sp³-hybridized carbons (Fsp3) is 0.393. The topological polar surface area (TPSA) is 12.9 Å². The molecule has 1 nitrogen and oxygen atoms in total. The van der Waals surface area contributed by atoms with Crippen molar-refractivity contribution in [1.82, 2.24) is 4.98 Å². The maximum Gasteiger partial charge on any atom is 0.0704 e. The molecule has 0 N–H and O–H groups in total. The molecule has 2 aromatic carbocycles. The van der Waals surface area contributed by atoms with Crippen LogP contribution in [0.4, 0.5) is 0 Å². The van der Waals surface area contributed by atoms with Gasteiger partial charge in [0.05, 0.1) is 5.69 Å². The van der Waals surface area contributed by atoms with E-state index in [0.717, 1.165) is 12.1 Å². The molecule has 3 aromatic rings. The van der Waals surface area contributed by atoms with Crippen LogP contribution in [0.2, 0.25) is 0 Å². The zero-order valence-electron chi connectivity index (χ0n) is 18.9. The lowest BCUT2D eigenvalue weighted by Crippen LogP contribution is -2.43. The first kappa shape index (κ1) is 19.9. The molecule has 0 unspecified atom stereocenters. The average Bonchev–Trinajstić information content (AvgIpc) is 2.66. The molecule has 1 heteroatoms. The summed E-state index contributed by atoms with van der Waals surface area (Å²) in [5.74, 6) is 0.645. The van der Waals surface area contributed by atoms with Crippen molar-refractivity contribution in [3.05, 3.63) is 77.0 Å². The van der Waals surface area contributed by atoms with Gasteiger partial charge in [-0.25, -0.2) is 0 Å². The molecule has 1 aliphatic rings. The second-order valence-corrected chi connectivity index (χ2v) is 10.2. The van der Waals surface area contributed by atoms with Crippen molar-refractivity contribution in [2.75, 3.05) is 0 Å². The van der Waals surface area contributed by atoms with Crippen molar-refractivity contribution in [3.63, 3.8) is 0 Å². The lowest BCUT2D eigenvalue weighted by molar-refractivity contribution is 0.299. The van der Waals surface area contributed by atoms with Crippen LogP contribution < -0.4 is 0 Å². The van der Waals surface area contributed by atoms with Crippen LogP contribution in [0.3, 0.4) is 0 Å². The Morgan fingerprint density at radius 3 is 2.24 bits per heavy atom. The largest absolute Gasteiger partial charge is 0.256 e. The van der Waals surface area contributed by atoms with Crippen LogP contribution in [0.5, 0.6) is 0 Å². The number of nitrogens with zero attached hydrogens (tertiary/aromatic N) is 1. The number of pyridine rings is 1. The van der Waals surface area contributed by atoms with Gasteiger partial charge in [0, 0.05) is 11.8 Å². The minimum atomic E-state index is 0.0502. The molecule has 1 aliphatic carbocycles. The Morgan fingerprint density at radius 2 is 1.52 bits per heavy atom. The van der Waals surface area contributed by atoms with E-state index >= 15 is 0 Å². The molecule has 0 atom stereocenters. The van der Waals surface area contributed by atoms with E-state index in [-0.39, 0.29) is 10.8 Å². The Labute approximate surface area is 176 Å². The summed E-state index contributed by atoms with van der Waals surface area (Å²) in [4.78, 5) is 4.70. The predicted molar refractivity (Wildman–Crippen MR) is 124 cm³/mol. The van der Waals surface area contributed by atoms with Crippen molar-refractivity contribution in [3.8, 4) is 22.4 Å². The van der Waals surface area contributed by atoms with Gasteiger partial charge in [0.1, 0.15) is 0 Å². The zero-order valence-corrected chi connectivity index (χ0v) is 18.9. The monoisotopic (exact) mass is 383 g/mol. The molecule has 150 valence electrons. The van der Waals surface area contributed by atoms with Gasteiger partial charge in [-0.05, 0) is 76.1 Å². The highest BCUT2D eigenvalue weighted by atomic mass is 14.7.